The summed E-state index contributed by atoms with van der Waals surface area (Å²) in [5, 5.41) is 0. The van der Waals surface area contributed by atoms with Crippen molar-refractivity contribution < 1.29 is 28.6 Å². The summed E-state index contributed by atoms with van der Waals surface area (Å²) >= 11 is 0. The number of ether oxygens (including phenoxy) is 3. The van der Waals surface area contributed by atoms with Crippen molar-refractivity contribution in [2.45, 2.75) is 335 Å². The standard InChI is InChI=1S/C75H128O6/c1-4-7-10-13-16-18-20-22-24-26-28-30-32-34-36-37-38-39-40-42-43-45-47-49-51-53-55-57-59-62-65-68-74(77)80-71-72(70-79-73(76)67-64-61-15-12-9-6-3)81-75(78)69-66-63-60-58-56-54-52-50-48-46-44-41-35-33-31-29-27-25-23-21-19-17-14-11-8-5-2/h7,10,16,18,22,24,28,30,34,36,38-39,42-43,47,49,53,55,72H,4-6,8-9,11-15,17,19-21,23,25-27,29,31-33,35,37,40-41,44-46,48,50-52,54,56-71H2,1-3H3/b10-7-,18-16-,24-22-,30-28-,36-34-,39-38-,43-42-,49-47-,55-53-. The van der Waals surface area contributed by atoms with Gasteiger partial charge >= 0.3 is 17.9 Å². The Morgan fingerprint density at radius 2 is 0.481 bits per heavy atom. The molecule has 0 rings (SSSR count). The molecular formula is C75H128O6. The van der Waals surface area contributed by atoms with Crippen LogP contribution in [-0.4, -0.2) is 37.2 Å². The monoisotopic (exact) mass is 1120 g/mol. The molecule has 0 amide bonds. The normalized spacial score (nSPS) is 12.8. The Bertz CT molecular complexity index is 1620. The van der Waals surface area contributed by atoms with Crippen LogP contribution >= 0.6 is 0 Å². The van der Waals surface area contributed by atoms with E-state index in [1.165, 1.54) is 167 Å². The highest BCUT2D eigenvalue weighted by Gasteiger charge is 2.19. The largest absolute Gasteiger partial charge is 0.462 e. The van der Waals surface area contributed by atoms with Gasteiger partial charge in [0, 0.05) is 19.3 Å². The first kappa shape index (κ1) is 77.1. The van der Waals surface area contributed by atoms with Gasteiger partial charge in [-0.25, -0.2) is 0 Å². The minimum atomic E-state index is -0.789. The van der Waals surface area contributed by atoms with E-state index in [-0.39, 0.29) is 31.1 Å². The average Bonchev–Trinajstić information content (AvgIpc) is 3.47. The van der Waals surface area contributed by atoms with Crippen LogP contribution in [0.15, 0.2) is 109 Å². The van der Waals surface area contributed by atoms with Crippen LogP contribution in [0.2, 0.25) is 0 Å². The van der Waals surface area contributed by atoms with Crippen molar-refractivity contribution in [3.05, 3.63) is 109 Å². The number of hydrogen-bond acceptors (Lipinski definition) is 6. The molecule has 464 valence electrons. The third-order valence-electron chi connectivity index (χ3n) is 14.8. The number of unbranched alkanes of at least 4 members (excludes halogenated alkanes) is 33. The number of esters is 3. The molecule has 0 aromatic rings. The third-order valence-corrected chi connectivity index (χ3v) is 14.8. The van der Waals surface area contributed by atoms with E-state index >= 15 is 0 Å². The minimum absolute atomic E-state index is 0.0868. The van der Waals surface area contributed by atoms with E-state index in [1.54, 1.807) is 0 Å². The molecule has 0 aliphatic heterocycles. The second-order valence-corrected chi connectivity index (χ2v) is 22.7. The van der Waals surface area contributed by atoms with E-state index in [9.17, 15) is 14.4 Å². The Morgan fingerprint density at radius 3 is 0.753 bits per heavy atom. The number of hydrogen-bond donors (Lipinski definition) is 0. The number of carbonyl (C=O) groups is 3. The molecule has 0 heterocycles. The molecule has 0 saturated heterocycles. The fourth-order valence-corrected chi connectivity index (χ4v) is 9.67. The zero-order valence-electron chi connectivity index (χ0n) is 53.3. The first-order valence-electron chi connectivity index (χ1n) is 34.4. The van der Waals surface area contributed by atoms with Crippen LogP contribution in [0.4, 0.5) is 0 Å². The quantitative estimate of drug-likeness (QED) is 0.0261. The number of carbonyl (C=O) groups excluding carboxylic acids is 3. The maximum atomic E-state index is 12.9. The topological polar surface area (TPSA) is 78.9 Å². The second-order valence-electron chi connectivity index (χ2n) is 22.7. The van der Waals surface area contributed by atoms with Crippen LogP contribution in [0.1, 0.15) is 329 Å². The fourth-order valence-electron chi connectivity index (χ4n) is 9.67. The number of rotatable bonds is 62. The lowest BCUT2D eigenvalue weighted by Gasteiger charge is -2.18. The SMILES string of the molecule is CC/C=C\C/C=C\C/C=C\C/C=C\C/C=C\C/C=C\C/C=C\C/C=C\C/C=C\CCCCCC(=O)OCC(COC(=O)CCCCCCCC)OC(=O)CCCCCCCCCCCCCCCCCCCCCCCCCCCC. The summed E-state index contributed by atoms with van der Waals surface area (Å²) in [7, 11) is 0. The molecule has 1 unspecified atom stereocenters. The van der Waals surface area contributed by atoms with Crippen molar-refractivity contribution in [2.24, 2.45) is 0 Å². The summed E-state index contributed by atoms with van der Waals surface area (Å²) in [5.41, 5.74) is 0. The average molecular weight is 1130 g/mol. The Kier molecular flexibility index (Phi) is 65.2. The molecule has 0 spiro atoms. The van der Waals surface area contributed by atoms with E-state index in [0.29, 0.717) is 19.3 Å². The fraction of sp³-hybridized carbons (Fsp3) is 0.720. The van der Waals surface area contributed by atoms with E-state index in [4.69, 9.17) is 14.2 Å². The maximum Gasteiger partial charge on any atom is 0.306 e. The lowest BCUT2D eigenvalue weighted by molar-refractivity contribution is -0.167. The van der Waals surface area contributed by atoms with Crippen molar-refractivity contribution in [1.29, 1.82) is 0 Å². The summed E-state index contributed by atoms with van der Waals surface area (Å²) in [5.74, 6) is -0.920. The van der Waals surface area contributed by atoms with E-state index in [2.05, 4.69) is 130 Å². The Balaban J connectivity index is 4.13. The highest BCUT2D eigenvalue weighted by Crippen LogP contribution is 2.17. The van der Waals surface area contributed by atoms with Gasteiger partial charge in [0.05, 0.1) is 0 Å². The Labute approximate surface area is 501 Å². The molecule has 0 aromatic carbocycles. The van der Waals surface area contributed by atoms with Gasteiger partial charge in [-0.3, -0.25) is 14.4 Å². The molecule has 0 aliphatic carbocycles. The lowest BCUT2D eigenvalue weighted by Crippen LogP contribution is -2.30. The van der Waals surface area contributed by atoms with Crippen molar-refractivity contribution >= 4 is 17.9 Å². The van der Waals surface area contributed by atoms with Crippen LogP contribution in [0.5, 0.6) is 0 Å². The summed E-state index contributed by atoms with van der Waals surface area (Å²) in [6.07, 6.45) is 94.4. The van der Waals surface area contributed by atoms with Gasteiger partial charge in [-0.1, -0.05) is 329 Å². The van der Waals surface area contributed by atoms with Gasteiger partial charge in [-0.2, -0.15) is 0 Å². The zero-order chi connectivity index (χ0) is 58.5. The molecule has 81 heavy (non-hydrogen) atoms. The Morgan fingerprint density at radius 1 is 0.259 bits per heavy atom. The molecule has 6 heteroatoms. The molecule has 0 bridgehead atoms. The van der Waals surface area contributed by atoms with Gasteiger partial charge in [-0.15, -0.1) is 0 Å². The zero-order valence-corrected chi connectivity index (χ0v) is 53.3. The van der Waals surface area contributed by atoms with Gasteiger partial charge in [0.1, 0.15) is 13.2 Å². The van der Waals surface area contributed by atoms with Crippen molar-refractivity contribution in [1.82, 2.24) is 0 Å². The first-order valence-corrected chi connectivity index (χ1v) is 34.4. The number of allylic oxidation sites excluding steroid dienone is 18. The van der Waals surface area contributed by atoms with E-state index in [0.717, 1.165) is 122 Å². The third kappa shape index (κ3) is 66.8. The lowest BCUT2D eigenvalue weighted by atomic mass is 10.0. The molecule has 0 aromatic heterocycles. The Hall–Kier alpha value is -3.93. The summed E-state index contributed by atoms with van der Waals surface area (Å²) < 4.78 is 16.8. The molecule has 0 fully saturated rings. The molecule has 1 atom stereocenters. The van der Waals surface area contributed by atoms with Crippen molar-refractivity contribution in [2.75, 3.05) is 13.2 Å². The van der Waals surface area contributed by atoms with E-state index in [1.807, 2.05) is 0 Å². The van der Waals surface area contributed by atoms with Crippen molar-refractivity contribution in [3.8, 4) is 0 Å². The first-order chi connectivity index (χ1) is 40.0. The van der Waals surface area contributed by atoms with Gasteiger partial charge in [-0.05, 0) is 89.9 Å². The van der Waals surface area contributed by atoms with Crippen molar-refractivity contribution in [3.63, 3.8) is 0 Å². The van der Waals surface area contributed by atoms with Gasteiger partial charge < -0.3 is 14.2 Å². The molecule has 0 N–H and O–H groups in total. The predicted octanol–water partition coefficient (Wildman–Crippen LogP) is 23.8. The van der Waals surface area contributed by atoms with Crippen LogP contribution in [0, 0.1) is 0 Å². The van der Waals surface area contributed by atoms with Gasteiger partial charge in [0.2, 0.25) is 0 Å². The smallest absolute Gasteiger partial charge is 0.306 e. The minimum Gasteiger partial charge on any atom is -0.462 e. The molecule has 0 saturated carbocycles. The van der Waals surface area contributed by atoms with Gasteiger partial charge in [0.25, 0.3) is 0 Å². The second kappa shape index (κ2) is 68.6. The van der Waals surface area contributed by atoms with Crippen LogP contribution in [0.25, 0.3) is 0 Å². The van der Waals surface area contributed by atoms with Gasteiger partial charge in [0.15, 0.2) is 6.10 Å². The molecule has 0 aliphatic rings. The van der Waals surface area contributed by atoms with Crippen LogP contribution in [0.3, 0.4) is 0 Å². The maximum absolute atomic E-state index is 12.9. The van der Waals surface area contributed by atoms with Crippen LogP contribution in [-0.2, 0) is 28.6 Å². The predicted molar refractivity (Wildman–Crippen MR) is 353 cm³/mol. The van der Waals surface area contributed by atoms with Crippen LogP contribution < -0.4 is 0 Å². The highest BCUT2D eigenvalue weighted by molar-refractivity contribution is 5.71. The molecular weight excluding hydrogens is 997 g/mol. The molecule has 0 radical (unpaired) electrons. The summed E-state index contributed by atoms with van der Waals surface area (Å²) in [6.45, 7) is 6.47. The van der Waals surface area contributed by atoms with E-state index < -0.39 is 6.10 Å². The highest BCUT2D eigenvalue weighted by atomic mass is 16.6. The summed E-state index contributed by atoms with van der Waals surface area (Å²) in [6, 6.07) is 0. The summed E-state index contributed by atoms with van der Waals surface area (Å²) in [4.78, 5) is 38.1. The molecule has 6 nitrogen and oxygen atoms in total.